The zero-order valence-corrected chi connectivity index (χ0v) is 12.0. The molecule has 0 radical (unpaired) electrons. The lowest BCUT2D eigenvalue weighted by Crippen LogP contribution is -2.38. The van der Waals surface area contributed by atoms with Gasteiger partial charge in [-0.25, -0.2) is 4.68 Å². The summed E-state index contributed by atoms with van der Waals surface area (Å²) in [5.41, 5.74) is 2.37. The molecule has 0 amide bonds. The zero-order valence-electron chi connectivity index (χ0n) is 12.0. The van der Waals surface area contributed by atoms with E-state index in [9.17, 15) is 0 Å². The Morgan fingerprint density at radius 1 is 1.25 bits per heavy atom. The first kappa shape index (κ1) is 14.1. The molecule has 106 valence electrons. The number of nitrogens with one attached hydrogen (secondary N) is 2. The maximum Gasteiger partial charge on any atom is 0.190 e. The van der Waals surface area contributed by atoms with E-state index in [0.717, 1.165) is 31.2 Å². The van der Waals surface area contributed by atoms with E-state index in [1.165, 1.54) is 5.56 Å². The Morgan fingerprint density at radius 2 is 2.05 bits per heavy atom. The number of aliphatic imine (C=N–C) groups is 1. The standard InChI is InChI=1S/C15H21N5/c1-3-17-15(16-2)18-11-9-13-5-7-14(8-6-13)20-12-4-10-19-20/h4-8,10,12H,3,9,11H2,1-2H3,(H2,16,17,18). The van der Waals surface area contributed by atoms with Gasteiger partial charge in [0.25, 0.3) is 0 Å². The number of rotatable bonds is 5. The van der Waals surface area contributed by atoms with Gasteiger partial charge in [-0.2, -0.15) is 5.10 Å². The number of benzene rings is 1. The predicted octanol–water partition coefficient (Wildman–Crippen LogP) is 1.60. The molecule has 1 aromatic heterocycles. The molecule has 1 aromatic carbocycles. The Bertz CT molecular complexity index is 528. The Kier molecular flexibility index (Phi) is 5.17. The molecule has 0 unspecified atom stereocenters. The highest BCUT2D eigenvalue weighted by atomic mass is 15.3. The van der Waals surface area contributed by atoms with Crippen molar-refractivity contribution < 1.29 is 0 Å². The fourth-order valence-electron chi connectivity index (χ4n) is 1.95. The maximum atomic E-state index is 4.21. The number of guanidine groups is 1. The van der Waals surface area contributed by atoms with Crippen molar-refractivity contribution in [3.05, 3.63) is 48.3 Å². The van der Waals surface area contributed by atoms with E-state index in [0.29, 0.717) is 0 Å². The van der Waals surface area contributed by atoms with Crippen molar-refractivity contribution >= 4 is 5.96 Å². The molecule has 1 heterocycles. The molecule has 0 fully saturated rings. The van der Waals surface area contributed by atoms with E-state index < -0.39 is 0 Å². The fraction of sp³-hybridized carbons (Fsp3) is 0.333. The second kappa shape index (κ2) is 7.33. The minimum atomic E-state index is 0.848. The van der Waals surface area contributed by atoms with Crippen LogP contribution < -0.4 is 10.6 Å². The van der Waals surface area contributed by atoms with E-state index in [4.69, 9.17) is 0 Å². The second-order valence-electron chi connectivity index (χ2n) is 4.40. The summed E-state index contributed by atoms with van der Waals surface area (Å²) in [5.74, 6) is 0.848. The monoisotopic (exact) mass is 271 g/mol. The van der Waals surface area contributed by atoms with Crippen molar-refractivity contribution in [3.8, 4) is 5.69 Å². The number of hydrogen-bond donors (Lipinski definition) is 2. The van der Waals surface area contributed by atoms with Crippen molar-refractivity contribution in [2.45, 2.75) is 13.3 Å². The molecule has 0 aliphatic carbocycles. The largest absolute Gasteiger partial charge is 0.357 e. The van der Waals surface area contributed by atoms with Crippen LogP contribution in [0.2, 0.25) is 0 Å². The topological polar surface area (TPSA) is 54.2 Å². The molecular formula is C15H21N5. The Hall–Kier alpha value is -2.30. The van der Waals surface area contributed by atoms with Crippen LogP contribution in [0.4, 0.5) is 0 Å². The van der Waals surface area contributed by atoms with Gasteiger partial charge in [-0.1, -0.05) is 12.1 Å². The molecule has 0 bridgehead atoms. The minimum absolute atomic E-state index is 0.848. The van der Waals surface area contributed by atoms with Gasteiger partial charge in [-0.05, 0) is 37.1 Å². The average Bonchev–Trinajstić information content (AvgIpc) is 3.01. The third-order valence-corrected chi connectivity index (χ3v) is 2.98. The van der Waals surface area contributed by atoms with Crippen molar-refractivity contribution in [2.75, 3.05) is 20.1 Å². The van der Waals surface area contributed by atoms with Gasteiger partial charge in [0.15, 0.2) is 5.96 Å². The predicted molar refractivity (Wildman–Crippen MR) is 82.3 cm³/mol. The van der Waals surface area contributed by atoms with Gasteiger partial charge in [0, 0.05) is 32.5 Å². The number of hydrogen-bond acceptors (Lipinski definition) is 2. The van der Waals surface area contributed by atoms with Crippen LogP contribution in [0.3, 0.4) is 0 Å². The summed E-state index contributed by atoms with van der Waals surface area (Å²) in [6.07, 6.45) is 4.69. The molecule has 20 heavy (non-hydrogen) atoms. The van der Waals surface area contributed by atoms with Gasteiger partial charge < -0.3 is 10.6 Å². The van der Waals surface area contributed by atoms with E-state index >= 15 is 0 Å². The summed E-state index contributed by atoms with van der Waals surface area (Å²) >= 11 is 0. The van der Waals surface area contributed by atoms with E-state index in [1.807, 2.05) is 16.9 Å². The Morgan fingerprint density at radius 3 is 2.65 bits per heavy atom. The summed E-state index contributed by atoms with van der Waals surface area (Å²) in [5, 5.41) is 10.7. The van der Waals surface area contributed by atoms with Gasteiger partial charge in [0.2, 0.25) is 0 Å². The van der Waals surface area contributed by atoms with Gasteiger partial charge in [0.05, 0.1) is 5.69 Å². The zero-order chi connectivity index (χ0) is 14.2. The first-order valence-corrected chi connectivity index (χ1v) is 6.87. The molecule has 0 aliphatic rings. The van der Waals surface area contributed by atoms with Crippen LogP contribution in [0, 0.1) is 0 Å². The smallest absolute Gasteiger partial charge is 0.190 e. The van der Waals surface area contributed by atoms with Gasteiger partial charge in [-0.15, -0.1) is 0 Å². The van der Waals surface area contributed by atoms with E-state index in [2.05, 4.69) is 51.9 Å². The molecule has 0 saturated carbocycles. The first-order chi connectivity index (χ1) is 9.83. The number of nitrogens with zero attached hydrogens (tertiary/aromatic N) is 3. The fourth-order valence-corrected chi connectivity index (χ4v) is 1.95. The lowest BCUT2D eigenvalue weighted by molar-refractivity contribution is 0.809. The van der Waals surface area contributed by atoms with E-state index in [1.54, 1.807) is 13.2 Å². The number of aromatic nitrogens is 2. The normalized spacial score (nSPS) is 11.4. The molecule has 0 aliphatic heterocycles. The summed E-state index contributed by atoms with van der Waals surface area (Å²) in [7, 11) is 1.78. The van der Waals surface area contributed by atoms with Crippen LogP contribution in [0.15, 0.2) is 47.7 Å². The Balaban J connectivity index is 1.85. The van der Waals surface area contributed by atoms with E-state index in [-0.39, 0.29) is 0 Å². The molecular weight excluding hydrogens is 250 g/mol. The lowest BCUT2D eigenvalue weighted by atomic mass is 10.1. The maximum absolute atomic E-state index is 4.21. The third-order valence-electron chi connectivity index (χ3n) is 2.98. The average molecular weight is 271 g/mol. The van der Waals surface area contributed by atoms with Crippen LogP contribution in [0.5, 0.6) is 0 Å². The van der Waals surface area contributed by atoms with Crippen LogP contribution in [-0.4, -0.2) is 35.9 Å². The molecule has 5 nitrogen and oxygen atoms in total. The minimum Gasteiger partial charge on any atom is -0.357 e. The van der Waals surface area contributed by atoms with Crippen LogP contribution in [0.1, 0.15) is 12.5 Å². The van der Waals surface area contributed by atoms with Crippen LogP contribution >= 0.6 is 0 Å². The SMILES string of the molecule is CCNC(=NC)NCCc1ccc(-n2cccn2)cc1. The molecule has 2 N–H and O–H groups in total. The van der Waals surface area contributed by atoms with Gasteiger partial charge in [-0.3, -0.25) is 4.99 Å². The summed E-state index contributed by atoms with van der Waals surface area (Å²) in [4.78, 5) is 4.14. The molecule has 2 rings (SSSR count). The van der Waals surface area contributed by atoms with Crippen LogP contribution in [0.25, 0.3) is 5.69 Å². The van der Waals surface area contributed by atoms with Gasteiger partial charge >= 0.3 is 0 Å². The molecule has 5 heteroatoms. The summed E-state index contributed by atoms with van der Waals surface area (Å²) in [6, 6.07) is 10.4. The highest BCUT2D eigenvalue weighted by molar-refractivity contribution is 5.79. The van der Waals surface area contributed by atoms with Gasteiger partial charge in [0.1, 0.15) is 0 Å². The van der Waals surface area contributed by atoms with Crippen LogP contribution in [-0.2, 0) is 6.42 Å². The molecule has 0 spiro atoms. The summed E-state index contributed by atoms with van der Waals surface area (Å²) < 4.78 is 1.86. The molecule has 2 aromatic rings. The third kappa shape index (κ3) is 3.85. The van der Waals surface area contributed by atoms with Crippen molar-refractivity contribution in [3.63, 3.8) is 0 Å². The Labute approximate surface area is 119 Å². The quantitative estimate of drug-likeness (QED) is 0.641. The second-order valence-corrected chi connectivity index (χ2v) is 4.40. The van der Waals surface area contributed by atoms with Crippen molar-refractivity contribution in [1.29, 1.82) is 0 Å². The van der Waals surface area contributed by atoms with Crippen molar-refractivity contribution in [1.82, 2.24) is 20.4 Å². The molecule has 0 saturated heterocycles. The van der Waals surface area contributed by atoms with Crippen molar-refractivity contribution in [2.24, 2.45) is 4.99 Å². The molecule has 0 atom stereocenters. The highest BCUT2D eigenvalue weighted by Crippen LogP contribution is 2.08. The summed E-state index contributed by atoms with van der Waals surface area (Å²) in [6.45, 7) is 3.79. The first-order valence-electron chi connectivity index (χ1n) is 6.87. The lowest BCUT2D eigenvalue weighted by Gasteiger charge is -2.10. The highest BCUT2D eigenvalue weighted by Gasteiger charge is 1.98.